The third-order valence-corrected chi connectivity index (χ3v) is 5.55. The molecule has 1 aliphatic heterocycles. The van der Waals surface area contributed by atoms with Gasteiger partial charge in [0.1, 0.15) is 5.52 Å². The van der Waals surface area contributed by atoms with E-state index >= 15 is 0 Å². The maximum atomic E-state index is 12.5. The summed E-state index contributed by atoms with van der Waals surface area (Å²) in [5.74, 6) is 0.356. The van der Waals surface area contributed by atoms with E-state index in [0.717, 1.165) is 41.8 Å². The quantitative estimate of drug-likeness (QED) is 0.847. The number of hydrogen-bond acceptors (Lipinski definition) is 5. The standard InChI is InChI=1S/C22H32N4O2/c1-14-10-16(25-19(28)11-18(27)22(3,4)5)13-26(12-14)17-7-6-15(2)20-21(17)24-9-8-23-20/h6-9,14,16,18,27H,10-13H2,1-5H3,(H,25,28)/t14-,16+,18?/m0/s1. The Morgan fingerprint density at radius 1 is 1.25 bits per heavy atom. The molecular weight excluding hydrogens is 352 g/mol. The zero-order chi connectivity index (χ0) is 20.5. The van der Waals surface area contributed by atoms with Crippen LogP contribution in [0.3, 0.4) is 0 Å². The molecule has 1 unspecified atom stereocenters. The predicted octanol–water partition coefficient (Wildman–Crippen LogP) is 3.07. The SMILES string of the molecule is Cc1ccc(N2C[C@@H](C)C[C@@H](NC(=O)CC(O)C(C)(C)C)C2)c2nccnc12. The van der Waals surface area contributed by atoms with Gasteiger partial charge in [0, 0.05) is 31.5 Å². The van der Waals surface area contributed by atoms with Crippen LogP contribution in [0.4, 0.5) is 5.69 Å². The highest BCUT2D eigenvalue weighted by molar-refractivity contribution is 5.90. The number of rotatable bonds is 4. The lowest BCUT2D eigenvalue weighted by Crippen LogP contribution is -2.51. The molecule has 0 bridgehead atoms. The van der Waals surface area contributed by atoms with Crippen LogP contribution in [-0.4, -0.2) is 46.2 Å². The van der Waals surface area contributed by atoms with E-state index < -0.39 is 6.10 Å². The van der Waals surface area contributed by atoms with Crippen LogP contribution in [0, 0.1) is 18.3 Å². The number of anilines is 1. The molecule has 0 spiro atoms. The Hall–Kier alpha value is -2.21. The van der Waals surface area contributed by atoms with Crippen molar-refractivity contribution in [1.29, 1.82) is 0 Å². The molecule has 0 saturated carbocycles. The molecule has 28 heavy (non-hydrogen) atoms. The summed E-state index contributed by atoms with van der Waals surface area (Å²) < 4.78 is 0. The second kappa shape index (κ2) is 8.03. The van der Waals surface area contributed by atoms with Crippen LogP contribution in [0.15, 0.2) is 24.5 Å². The van der Waals surface area contributed by atoms with E-state index in [4.69, 9.17) is 0 Å². The minimum Gasteiger partial charge on any atom is -0.392 e. The topological polar surface area (TPSA) is 78.4 Å². The largest absolute Gasteiger partial charge is 0.392 e. The van der Waals surface area contributed by atoms with Gasteiger partial charge in [-0.2, -0.15) is 0 Å². The Balaban J connectivity index is 1.75. The Labute approximate surface area is 167 Å². The molecule has 2 aromatic rings. The predicted molar refractivity (Wildman–Crippen MR) is 112 cm³/mol. The molecule has 2 N–H and O–H groups in total. The lowest BCUT2D eigenvalue weighted by molar-refractivity contribution is -0.125. The number of nitrogens with zero attached hydrogens (tertiary/aromatic N) is 3. The van der Waals surface area contributed by atoms with Crippen LogP contribution < -0.4 is 10.2 Å². The van der Waals surface area contributed by atoms with Crippen molar-refractivity contribution in [2.24, 2.45) is 11.3 Å². The number of aryl methyl sites for hydroxylation is 1. The number of piperidine rings is 1. The fourth-order valence-corrected chi connectivity index (χ4v) is 3.85. The molecule has 0 radical (unpaired) electrons. The highest BCUT2D eigenvalue weighted by atomic mass is 16.3. The van der Waals surface area contributed by atoms with Crippen LogP contribution in [-0.2, 0) is 4.79 Å². The first-order valence-electron chi connectivity index (χ1n) is 10.1. The fourth-order valence-electron chi connectivity index (χ4n) is 3.85. The summed E-state index contributed by atoms with van der Waals surface area (Å²) in [4.78, 5) is 23.8. The molecule has 6 nitrogen and oxygen atoms in total. The number of benzene rings is 1. The number of carbonyl (C=O) groups excluding carboxylic acids is 1. The smallest absolute Gasteiger partial charge is 0.222 e. The van der Waals surface area contributed by atoms with Gasteiger partial charge < -0.3 is 15.3 Å². The number of aliphatic hydroxyl groups is 1. The van der Waals surface area contributed by atoms with Gasteiger partial charge in [-0.25, -0.2) is 0 Å². The lowest BCUT2D eigenvalue weighted by Gasteiger charge is -2.38. The number of hydrogen-bond donors (Lipinski definition) is 2. The minimum absolute atomic E-state index is 0.0523. The minimum atomic E-state index is -0.652. The zero-order valence-corrected chi connectivity index (χ0v) is 17.6. The van der Waals surface area contributed by atoms with Crippen molar-refractivity contribution in [3.8, 4) is 0 Å². The van der Waals surface area contributed by atoms with Crippen LogP contribution in [0.5, 0.6) is 0 Å². The zero-order valence-electron chi connectivity index (χ0n) is 17.6. The van der Waals surface area contributed by atoms with E-state index in [2.05, 4.69) is 39.2 Å². The van der Waals surface area contributed by atoms with Gasteiger partial charge in [0.15, 0.2) is 0 Å². The molecule has 1 aromatic heterocycles. The van der Waals surface area contributed by atoms with Gasteiger partial charge in [0.2, 0.25) is 5.91 Å². The summed E-state index contributed by atoms with van der Waals surface area (Å²) in [6.45, 7) is 11.7. The molecule has 1 amide bonds. The van der Waals surface area contributed by atoms with E-state index in [1.807, 2.05) is 27.7 Å². The van der Waals surface area contributed by atoms with E-state index in [1.54, 1.807) is 12.4 Å². The summed E-state index contributed by atoms with van der Waals surface area (Å²) in [6, 6.07) is 4.24. The first-order chi connectivity index (χ1) is 13.1. The highest BCUT2D eigenvalue weighted by Gasteiger charge is 2.29. The molecule has 3 atom stereocenters. The van der Waals surface area contributed by atoms with Crippen LogP contribution in [0.2, 0.25) is 0 Å². The van der Waals surface area contributed by atoms with Crippen molar-refractivity contribution in [2.45, 2.75) is 59.6 Å². The van der Waals surface area contributed by atoms with Crippen molar-refractivity contribution in [3.63, 3.8) is 0 Å². The molecule has 0 aliphatic carbocycles. The maximum Gasteiger partial charge on any atom is 0.222 e. The summed E-state index contributed by atoms with van der Waals surface area (Å²) >= 11 is 0. The number of fused-ring (bicyclic) bond motifs is 1. The average Bonchev–Trinajstić information content (AvgIpc) is 2.60. The first kappa shape index (κ1) is 20.5. The normalized spacial score (nSPS) is 21.6. The van der Waals surface area contributed by atoms with Crippen molar-refractivity contribution in [3.05, 3.63) is 30.1 Å². The monoisotopic (exact) mass is 384 g/mol. The van der Waals surface area contributed by atoms with E-state index in [0.29, 0.717) is 5.92 Å². The van der Waals surface area contributed by atoms with E-state index in [1.165, 1.54) is 0 Å². The summed E-state index contributed by atoms with van der Waals surface area (Å²) in [5.41, 5.74) is 3.70. The van der Waals surface area contributed by atoms with E-state index in [-0.39, 0.29) is 23.8 Å². The highest BCUT2D eigenvalue weighted by Crippen LogP contribution is 2.30. The molecule has 3 rings (SSSR count). The van der Waals surface area contributed by atoms with Crippen LogP contribution in [0.25, 0.3) is 11.0 Å². The summed E-state index contributed by atoms with van der Waals surface area (Å²) in [7, 11) is 0. The fraction of sp³-hybridized carbons (Fsp3) is 0.591. The van der Waals surface area contributed by atoms with Gasteiger partial charge in [-0.15, -0.1) is 0 Å². The maximum absolute atomic E-state index is 12.5. The third kappa shape index (κ3) is 4.61. The number of aliphatic hydroxyl groups excluding tert-OH is 1. The molecular formula is C22H32N4O2. The van der Waals surface area contributed by atoms with Crippen molar-refractivity contribution in [2.75, 3.05) is 18.0 Å². The molecule has 1 aliphatic rings. The third-order valence-electron chi connectivity index (χ3n) is 5.55. The van der Waals surface area contributed by atoms with Crippen LogP contribution in [0.1, 0.15) is 46.1 Å². The molecule has 1 fully saturated rings. The Kier molecular flexibility index (Phi) is 5.89. The van der Waals surface area contributed by atoms with Gasteiger partial charge in [0.25, 0.3) is 0 Å². The lowest BCUT2D eigenvalue weighted by atomic mass is 9.87. The van der Waals surface area contributed by atoms with Gasteiger partial charge in [-0.3, -0.25) is 14.8 Å². The molecule has 152 valence electrons. The first-order valence-corrected chi connectivity index (χ1v) is 10.1. The van der Waals surface area contributed by atoms with Gasteiger partial charge in [-0.1, -0.05) is 33.8 Å². The molecule has 2 heterocycles. The van der Waals surface area contributed by atoms with Crippen molar-refractivity contribution < 1.29 is 9.90 Å². The number of carbonyl (C=O) groups is 1. The summed E-state index contributed by atoms with van der Waals surface area (Å²) in [5, 5.41) is 13.4. The molecule has 1 aromatic carbocycles. The average molecular weight is 385 g/mol. The van der Waals surface area contributed by atoms with Gasteiger partial charge in [0.05, 0.1) is 23.7 Å². The molecule has 1 saturated heterocycles. The van der Waals surface area contributed by atoms with Crippen LogP contribution >= 0.6 is 0 Å². The summed E-state index contributed by atoms with van der Waals surface area (Å²) in [6.07, 6.45) is 3.87. The van der Waals surface area contributed by atoms with Crippen molar-refractivity contribution >= 4 is 22.6 Å². The van der Waals surface area contributed by atoms with Crippen molar-refractivity contribution in [1.82, 2.24) is 15.3 Å². The Morgan fingerprint density at radius 2 is 1.93 bits per heavy atom. The van der Waals surface area contributed by atoms with Gasteiger partial charge in [-0.05, 0) is 36.3 Å². The second-order valence-corrected chi connectivity index (χ2v) is 9.25. The van der Waals surface area contributed by atoms with Gasteiger partial charge >= 0.3 is 0 Å². The Morgan fingerprint density at radius 3 is 2.61 bits per heavy atom. The number of nitrogens with one attached hydrogen (secondary N) is 1. The Bertz CT molecular complexity index is 846. The number of amides is 1. The molecule has 6 heteroatoms. The van der Waals surface area contributed by atoms with E-state index in [9.17, 15) is 9.90 Å². The second-order valence-electron chi connectivity index (χ2n) is 9.25. The number of aromatic nitrogens is 2.